The molecule has 0 aliphatic rings. The minimum absolute atomic E-state index is 0.0235. The number of non-ortho nitro benzene ring substituents is 1. The van der Waals surface area contributed by atoms with Crippen LogP contribution in [0, 0.1) is 15.5 Å². The first-order valence-electron chi connectivity index (χ1n) is 5.46. The molecule has 0 heterocycles. The Bertz CT molecular complexity index is 424. The lowest BCUT2D eigenvalue weighted by Crippen LogP contribution is -2.29. The van der Waals surface area contributed by atoms with Gasteiger partial charge in [0.1, 0.15) is 0 Å². The number of hydrogen-bond donors (Lipinski definition) is 1. The van der Waals surface area contributed by atoms with Crippen LogP contribution in [0.1, 0.15) is 20.8 Å². The van der Waals surface area contributed by atoms with Crippen LogP contribution in [0.25, 0.3) is 0 Å². The molecule has 0 aliphatic carbocycles. The molecule has 0 amide bonds. The predicted octanol–water partition coefficient (Wildman–Crippen LogP) is 2.66. The van der Waals surface area contributed by atoms with Crippen LogP contribution in [0.15, 0.2) is 18.2 Å². The van der Waals surface area contributed by atoms with Crippen molar-refractivity contribution in [1.82, 2.24) is 0 Å². The lowest BCUT2D eigenvalue weighted by Gasteiger charge is -2.29. The van der Waals surface area contributed by atoms with Gasteiger partial charge in [0.25, 0.3) is 5.69 Å². The van der Waals surface area contributed by atoms with E-state index < -0.39 is 4.92 Å². The van der Waals surface area contributed by atoms with E-state index >= 15 is 0 Å². The summed E-state index contributed by atoms with van der Waals surface area (Å²) in [5.74, 6) is 0. The maximum Gasteiger partial charge on any atom is 0.271 e. The fourth-order valence-corrected chi connectivity index (χ4v) is 1.80. The molecule has 0 aromatic heterocycles. The average Bonchev–Trinajstić information content (AvgIpc) is 2.14. The molecule has 0 aliphatic heterocycles. The van der Waals surface area contributed by atoms with E-state index in [0.29, 0.717) is 5.69 Å². The van der Waals surface area contributed by atoms with Gasteiger partial charge in [-0.15, -0.1) is 0 Å². The normalized spacial score (nSPS) is 11.3. The topological polar surface area (TPSA) is 72.4 Å². The Kier molecular flexibility index (Phi) is 3.60. The molecule has 1 aromatic rings. The monoisotopic (exact) mass is 237 g/mol. The fraction of sp³-hybridized carbons (Fsp3) is 0.500. The van der Waals surface area contributed by atoms with Crippen LogP contribution < -0.4 is 10.6 Å². The minimum atomic E-state index is -0.441. The summed E-state index contributed by atoms with van der Waals surface area (Å²) in [7, 11) is 1.93. The Hall–Kier alpha value is -1.78. The Morgan fingerprint density at radius 2 is 2.00 bits per heavy atom. The van der Waals surface area contributed by atoms with Crippen molar-refractivity contribution in [3.63, 3.8) is 0 Å². The molecule has 5 heteroatoms. The SMILES string of the molecule is CN(CC(C)(C)C)c1ccc([N+](=O)[O-])cc1N. The molecule has 94 valence electrons. The van der Waals surface area contributed by atoms with Crippen LogP contribution in [-0.2, 0) is 0 Å². The van der Waals surface area contributed by atoms with Crippen LogP contribution >= 0.6 is 0 Å². The zero-order valence-corrected chi connectivity index (χ0v) is 10.7. The molecule has 0 bridgehead atoms. The van der Waals surface area contributed by atoms with E-state index in [1.807, 2.05) is 11.9 Å². The van der Waals surface area contributed by atoms with Crippen molar-refractivity contribution in [2.24, 2.45) is 5.41 Å². The van der Waals surface area contributed by atoms with Crippen molar-refractivity contribution in [2.75, 3.05) is 24.2 Å². The maximum absolute atomic E-state index is 10.6. The van der Waals surface area contributed by atoms with Crippen molar-refractivity contribution in [3.8, 4) is 0 Å². The van der Waals surface area contributed by atoms with Gasteiger partial charge >= 0.3 is 0 Å². The molecule has 0 saturated carbocycles. The summed E-state index contributed by atoms with van der Waals surface area (Å²) in [5.41, 5.74) is 7.26. The van der Waals surface area contributed by atoms with Crippen LogP contribution in [0.3, 0.4) is 0 Å². The summed E-state index contributed by atoms with van der Waals surface area (Å²) in [6, 6.07) is 4.57. The van der Waals surface area contributed by atoms with Crippen molar-refractivity contribution in [3.05, 3.63) is 28.3 Å². The van der Waals surface area contributed by atoms with Crippen molar-refractivity contribution >= 4 is 17.1 Å². The summed E-state index contributed by atoms with van der Waals surface area (Å²) in [4.78, 5) is 12.2. The smallest absolute Gasteiger partial charge is 0.271 e. The lowest BCUT2D eigenvalue weighted by molar-refractivity contribution is -0.384. The molecule has 0 unspecified atom stereocenters. The Morgan fingerprint density at radius 1 is 1.41 bits per heavy atom. The number of nitro groups is 1. The van der Waals surface area contributed by atoms with Crippen LogP contribution in [-0.4, -0.2) is 18.5 Å². The van der Waals surface area contributed by atoms with Crippen molar-refractivity contribution < 1.29 is 4.92 Å². The number of rotatable bonds is 3. The van der Waals surface area contributed by atoms with Crippen LogP contribution in [0.5, 0.6) is 0 Å². The first kappa shape index (κ1) is 13.3. The van der Waals surface area contributed by atoms with Gasteiger partial charge in [-0.25, -0.2) is 0 Å². The van der Waals surface area contributed by atoms with Gasteiger partial charge in [-0.1, -0.05) is 20.8 Å². The molecule has 0 radical (unpaired) electrons. The maximum atomic E-state index is 10.6. The largest absolute Gasteiger partial charge is 0.397 e. The molecular formula is C12H19N3O2. The molecule has 0 spiro atoms. The Balaban J connectivity index is 2.96. The summed E-state index contributed by atoms with van der Waals surface area (Å²) in [6.45, 7) is 7.22. The van der Waals surface area contributed by atoms with Gasteiger partial charge in [-0.3, -0.25) is 10.1 Å². The molecule has 5 nitrogen and oxygen atoms in total. The molecular weight excluding hydrogens is 218 g/mol. The van der Waals surface area contributed by atoms with E-state index in [0.717, 1.165) is 12.2 Å². The second-order valence-corrected chi connectivity index (χ2v) is 5.42. The van der Waals surface area contributed by atoms with E-state index in [1.54, 1.807) is 6.07 Å². The first-order chi connectivity index (χ1) is 7.70. The summed E-state index contributed by atoms with van der Waals surface area (Å²) >= 11 is 0. The number of nitrogens with zero attached hydrogens (tertiary/aromatic N) is 2. The van der Waals surface area contributed by atoms with Gasteiger partial charge in [-0.2, -0.15) is 0 Å². The highest BCUT2D eigenvalue weighted by atomic mass is 16.6. The zero-order chi connectivity index (χ0) is 13.2. The third kappa shape index (κ3) is 3.62. The van der Waals surface area contributed by atoms with Gasteiger partial charge in [0, 0.05) is 25.7 Å². The Labute approximate surface area is 101 Å². The molecule has 17 heavy (non-hydrogen) atoms. The molecule has 2 N–H and O–H groups in total. The number of hydrogen-bond acceptors (Lipinski definition) is 4. The highest BCUT2D eigenvalue weighted by Gasteiger charge is 2.17. The molecule has 0 saturated heterocycles. The minimum Gasteiger partial charge on any atom is -0.397 e. The third-order valence-corrected chi connectivity index (χ3v) is 2.34. The van der Waals surface area contributed by atoms with Crippen LogP contribution in [0.4, 0.5) is 17.1 Å². The average molecular weight is 237 g/mol. The molecule has 0 fully saturated rings. The number of anilines is 2. The lowest BCUT2D eigenvalue weighted by atomic mass is 9.96. The zero-order valence-electron chi connectivity index (χ0n) is 10.7. The van der Waals surface area contributed by atoms with Gasteiger partial charge in [0.2, 0.25) is 0 Å². The van der Waals surface area contributed by atoms with Gasteiger partial charge in [0.15, 0.2) is 0 Å². The van der Waals surface area contributed by atoms with Gasteiger partial charge < -0.3 is 10.6 Å². The molecule has 0 atom stereocenters. The van der Waals surface area contributed by atoms with Gasteiger partial charge in [-0.05, 0) is 11.5 Å². The fourth-order valence-electron chi connectivity index (χ4n) is 1.80. The van der Waals surface area contributed by atoms with E-state index in [2.05, 4.69) is 20.8 Å². The Morgan fingerprint density at radius 3 is 2.41 bits per heavy atom. The van der Waals surface area contributed by atoms with Crippen molar-refractivity contribution in [2.45, 2.75) is 20.8 Å². The molecule has 1 rings (SSSR count). The van der Waals surface area contributed by atoms with Crippen molar-refractivity contribution in [1.29, 1.82) is 0 Å². The van der Waals surface area contributed by atoms with Crippen LogP contribution in [0.2, 0.25) is 0 Å². The quantitative estimate of drug-likeness (QED) is 0.498. The van der Waals surface area contributed by atoms with E-state index in [-0.39, 0.29) is 11.1 Å². The summed E-state index contributed by atoms with van der Waals surface area (Å²) < 4.78 is 0. The first-order valence-corrected chi connectivity index (χ1v) is 5.46. The molecule has 1 aromatic carbocycles. The predicted molar refractivity (Wildman–Crippen MR) is 70.2 cm³/mol. The summed E-state index contributed by atoms with van der Waals surface area (Å²) in [6.07, 6.45) is 0. The highest BCUT2D eigenvalue weighted by molar-refractivity contribution is 5.70. The number of benzene rings is 1. The third-order valence-electron chi connectivity index (χ3n) is 2.34. The second-order valence-electron chi connectivity index (χ2n) is 5.42. The number of nitro benzene ring substituents is 1. The number of nitrogens with two attached hydrogens (primary N) is 1. The standard InChI is InChI=1S/C12H19N3O2/c1-12(2,3)8-14(4)11-6-5-9(15(16)17)7-10(11)13/h5-7H,8,13H2,1-4H3. The number of nitrogen functional groups attached to an aromatic ring is 1. The van der Waals surface area contributed by atoms with E-state index in [4.69, 9.17) is 5.73 Å². The van der Waals surface area contributed by atoms with E-state index in [1.165, 1.54) is 12.1 Å². The highest BCUT2D eigenvalue weighted by Crippen LogP contribution is 2.28. The summed E-state index contributed by atoms with van der Waals surface area (Å²) in [5, 5.41) is 10.6. The van der Waals surface area contributed by atoms with E-state index in [9.17, 15) is 10.1 Å². The van der Waals surface area contributed by atoms with Gasteiger partial charge in [0.05, 0.1) is 16.3 Å². The second kappa shape index (κ2) is 4.61.